The summed E-state index contributed by atoms with van der Waals surface area (Å²) in [5, 5.41) is 5.94. The van der Waals surface area contributed by atoms with Gasteiger partial charge in [0.25, 0.3) is 0 Å². The van der Waals surface area contributed by atoms with Crippen molar-refractivity contribution >= 4 is 11.6 Å². The minimum Gasteiger partial charge on any atom is -0.352 e. The molecule has 0 radical (unpaired) electrons. The highest BCUT2D eigenvalue weighted by Gasteiger charge is 2.16. The number of rotatable bonds is 2. The van der Waals surface area contributed by atoms with Crippen molar-refractivity contribution in [2.24, 2.45) is 0 Å². The van der Waals surface area contributed by atoms with Crippen molar-refractivity contribution in [1.29, 1.82) is 0 Å². The molecule has 1 aliphatic rings. The Morgan fingerprint density at radius 2 is 2.20 bits per heavy atom. The van der Waals surface area contributed by atoms with Crippen LogP contribution in [-0.2, 0) is 4.79 Å². The van der Waals surface area contributed by atoms with E-state index in [2.05, 4.69) is 21.5 Å². The van der Waals surface area contributed by atoms with E-state index in [0.29, 0.717) is 6.54 Å². The van der Waals surface area contributed by atoms with Crippen LogP contribution < -0.4 is 21.5 Å². The van der Waals surface area contributed by atoms with E-state index in [9.17, 15) is 4.79 Å². The number of amides is 1. The Balaban J connectivity index is 2.02. The molecule has 1 fully saturated rings. The van der Waals surface area contributed by atoms with Crippen molar-refractivity contribution in [1.82, 2.24) is 16.2 Å². The number of para-hydroxylation sites is 1. The Morgan fingerprint density at radius 1 is 1.40 bits per heavy atom. The average Bonchev–Trinajstić information content (AvgIpc) is 2.22. The maximum Gasteiger partial charge on any atom is 0.237 e. The van der Waals surface area contributed by atoms with Crippen molar-refractivity contribution < 1.29 is 4.79 Å². The first-order chi connectivity index (χ1) is 7.25. The first-order valence-corrected chi connectivity index (χ1v) is 4.85. The molecule has 2 rings (SSSR count). The van der Waals surface area contributed by atoms with Crippen LogP contribution in [0.5, 0.6) is 0 Å². The van der Waals surface area contributed by atoms with Crippen molar-refractivity contribution in [2.75, 3.05) is 11.9 Å². The first kappa shape index (κ1) is 9.95. The number of benzene rings is 1. The van der Waals surface area contributed by atoms with E-state index in [-0.39, 0.29) is 12.2 Å². The lowest BCUT2D eigenvalue weighted by atomic mass is 10.2. The van der Waals surface area contributed by atoms with Crippen LogP contribution in [-0.4, -0.2) is 18.7 Å². The molecule has 5 heteroatoms. The van der Waals surface area contributed by atoms with Crippen molar-refractivity contribution in [3.05, 3.63) is 29.8 Å². The molecule has 0 bridgehead atoms. The average molecular weight is 206 g/mol. The van der Waals surface area contributed by atoms with Crippen LogP contribution in [0.15, 0.2) is 24.3 Å². The number of hydrogen-bond acceptors (Lipinski definition) is 4. The zero-order valence-electron chi connectivity index (χ0n) is 8.50. The topological polar surface area (TPSA) is 65.2 Å². The summed E-state index contributed by atoms with van der Waals surface area (Å²) in [5.41, 5.74) is 7.87. The zero-order chi connectivity index (χ0) is 10.7. The third kappa shape index (κ3) is 2.45. The molecule has 1 aromatic rings. The largest absolute Gasteiger partial charge is 0.352 e. The van der Waals surface area contributed by atoms with E-state index in [1.165, 1.54) is 0 Å². The fraction of sp³-hybridized carbons (Fsp3) is 0.300. The van der Waals surface area contributed by atoms with E-state index < -0.39 is 0 Å². The molecule has 1 amide bonds. The smallest absolute Gasteiger partial charge is 0.237 e. The highest BCUT2D eigenvalue weighted by molar-refractivity contribution is 5.79. The summed E-state index contributed by atoms with van der Waals surface area (Å²) in [6, 6.07) is 7.91. The number of hydrogen-bond donors (Lipinski definition) is 4. The van der Waals surface area contributed by atoms with Gasteiger partial charge in [-0.05, 0) is 18.6 Å². The van der Waals surface area contributed by atoms with Gasteiger partial charge in [-0.25, -0.2) is 10.9 Å². The van der Waals surface area contributed by atoms with Gasteiger partial charge in [-0.3, -0.25) is 4.79 Å². The summed E-state index contributed by atoms with van der Waals surface area (Å²) in [6.45, 7) is 2.31. The van der Waals surface area contributed by atoms with Crippen LogP contribution in [0.25, 0.3) is 0 Å². The SMILES string of the molecule is Cc1ccccc1NC1NNCC(=O)N1. The molecule has 4 N–H and O–H groups in total. The molecule has 1 heterocycles. The molecule has 0 spiro atoms. The summed E-state index contributed by atoms with van der Waals surface area (Å²) in [4.78, 5) is 11.1. The molecule has 15 heavy (non-hydrogen) atoms. The van der Waals surface area contributed by atoms with E-state index >= 15 is 0 Å². The van der Waals surface area contributed by atoms with E-state index in [1.807, 2.05) is 31.2 Å². The van der Waals surface area contributed by atoms with Crippen molar-refractivity contribution in [2.45, 2.75) is 13.2 Å². The minimum absolute atomic E-state index is 0.0279. The number of aryl methyl sites for hydroxylation is 1. The molecule has 0 saturated carbocycles. The number of carbonyl (C=O) groups excluding carboxylic acids is 1. The molecular formula is C10H14N4O. The number of anilines is 1. The Labute approximate surface area is 88.2 Å². The van der Waals surface area contributed by atoms with Crippen LogP contribution >= 0.6 is 0 Å². The van der Waals surface area contributed by atoms with Gasteiger partial charge in [0.15, 0.2) is 6.29 Å². The molecule has 1 aliphatic heterocycles. The maximum atomic E-state index is 11.1. The van der Waals surface area contributed by atoms with Crippen LogP contribution in [0, 0.1) is 6.92 Å². The number of nitrogens with one attached hydrogen (secondary N) is 4. The Hall–Kier alpha value is -1.59. The van der Waals surface area contributed by atoms with Gasteiger partial charge >= 0.3 is 0 Å². The highest BCUT2D eigenvalue weighted by atomic mass is 16.2. The van der Waals surface area contributed by atoms with Crippen LogP contribution in [0.3, 0.4) is 0 Å². The van der Waals surface area contributed by atoms with Crippen molar-refractivity contribution in [3.8, 4) is 0 Å². The Kier molecular flexibility index (Phi) is 2.84. The van der Waals surface area contributed by atoms with Gasteiger partial charge < -0.3 is 10.6 Å². The maximum absolute atomic E-state index is 11.1. The molecule has 80 valence electrons. The molecule has 1 aromatic carbocycles. The summed E-state index contributed by atoms with van der Waals surface area (Å²) < 4.78 is 0. The van der Waals surface area contributed by atoms with Crippen molar-refractivity contribution in [3.63, 3.8) is 0 Å². The molecule has 5 nitrogen and oxygen atoms in total. The molecule has 0 aromatic heterocycles. The van der Waals surface area contributed by atoms with Gasteiger partial charge in [0.2, 0.25) is 5.91 Å². The predicted octanol–water partition coefficient (Wildman–Crippen LogP) is -0.0855. The summed E-state index contributed by atoms with van der Waals surface area (Å²) in [7, 11) is 0. The monoisotopic (exact) mass is 206 g/mol. The van der Waals surface area contributed by atoms with Crippen LogP contribution in [0.4, 0.5) is 5.69 Å². The second-order valence-electron chi connectivity index (χ2n) is 3.46. The zero-order valence-corrected chi connectivity index (χ0v) is 8.50. The fourth-order valence-electron chi connectivity index (χ4n) is 1.44. The standard InChI is InChI=1S/C10H14N4O/c1-7-4-2-3-5-8(7)12-10-13-9(15)6-11-14-10/h2-5,10-12,14H,6H2,1H3,(H,13,15). The lowest BCUT2D eigenvalue weighted by Gasteiger charge is -2.27. The van der Waals surface area contributed by atoms with E-state index in [0.717, 1.165) is 11.3 Å². The minimum atomic E-state index is -0.271. The molecule has 1 saturated heterocycles. The summed E-state index contributed by atoms with van der Waals surface area (Å²) in [5.74, 6) is -0.0279. The fourth-order valence-corrected chi connectivity index (χ4v) is 1.44. The van der Waals surface area contributed by atoms with E-state index in [4.69, 9.17) is 0 Å². The Morgan fingerprint density at radius 3 is 2.93 bits per heavy atom. The van der Waals surface area contributed by atoms with Gasteiger partial charge in [0, 0.05) is 5.69 Å². The number of carbonyl (C=O) groups is 1. The lowest BCUT2D eigenvalue weighted by molar-refractivity contribution is -0.122. The second-order valence-corrected chi connectivity index (χ2v) is 3.46. The van der Waals surface area contributed by atoms with Crippen LogP contribution in [0.2, 0.25) is 0 Å². The normalized spacial score (nSPS) is 20.9. The second kappa shape index (κ2) is 4.29. The molecule has 1 unspecified atom stereocenters. The summed E-state index contributed by atoms with van der Waals surface area (Å²) >= 11 is 0. The van der Waals surface area contributed by atoms with Gasteiger partial charge in [-0.15, -0.1) is 0 Å². The highest BCUT2D eigenvalue weighted by Crippen LogP contribution is 2.13. The predicted molar refractivity (Wildman–Crippen MR) is 57.9 cm³/mol. The molecule has 1 atom stereocenters. The molecule has 0 aliphatic carbocycles. The molecular weight excluding hydrogens is 192 g/mol. The third-order valence-corrected chi connectivity index (χ3v) is 2.25. The number of hydrazine groups is 1. The van der Waals surface area contributed by atoms with E-state index in [1.54, 1.807) is 0 Å². The quantitative estimate of drug-likeness (QED) is 0.546. The third-order valence-electron chi connectivity index (χ3n) is 2.25. The summed E-state index contributed by atoms with van der Waals surface area (Å²) in [6.07, 6.45) is -0.271. The lowest BCUT2D eigenvalue weighted by Crippen LogP contribution is -2.63. The first-order valence-electron chi connectivity index (χ1n) is 4.85. The van der Waals surface area contributed by atoms with Crippen LogP contribution in [0.1, 0.15) is 5.56 Å². The Bertz CT molecular complexity index is 366. The van der Waals surface area contributed by atoms with Gasteiger partial charge in [-0.1, -0.05) is 18.2 Å². The van der Waals surface area contributed by atoms with Gasteiger partial charge in [0.05, 0.1) is 6.54 Å². The van der Waals surface area contributed by atoms with Gasteiger partial charge in [0.1, 0.15) is 0 Å². The van der Waals surface area contributed by atoms with Gasteiger partial charge in [-0.2, -0.15) is 0 Å².